The van der Waals surface area contributed by atoms with E-state index in [0.29, 0.717) is 12.2 Å². The lowest BCUT2D eigenvalue weighted by atomic mass is 10.0. The lowest BCUT2D eigenvalue weighted by Gasteiger charge is -2.17. The summed E-state index contributed by atoms with van der Waals surface area (Å²) in [4.78, 5) is 12.5. The van der Waals surface area contributed by atoms with Crippen molar-refractivity contribution in [3.63, 3.8) is 0 Å². The zero-order chi connectivity index (χ0) is 17.5. The lowest BCUT2D eigenvalue weighted by Crippen LogP contribution is -2.28. The van der Waals surface area contributed by atoms with Crippen molar-refractivity contribution in [2.75, 3.05) is 0 Å². The predicted molar refractivity (Wildman–Crippen MR) is 97.1 cm³/mol. The van der Waals surface area contributed by atoms with Gasteiger partial charge in [0.15, 0.2) is 5.69 Å². The van der Waals surface area contributed by atoms with Gasteiger partial charge >= 0.3 is 0 Å². The number of rotatable bonds is 7. The summed E-state index contributed by atoms with van der Waals surface area (Å²) in [7, 11) is 0. The molecule has 0 aliphatic heterocycles. The number of hydrogen-bond donors (Lipinski definition) is 1. The molecule has 3 rings (SSSR count). The fourth-order valence-corrected chi connectivity index (χ4v) is 2.78. The summed E-state index contributed by atoms with van der Waals surface area (Å²) in [5, 5.41) is 11.2. The van der Waals surface area contributed by atoms with Crippen molar-refractivity contribution in [3.05, 3.63) is 83.7 Å². The van der Waals surface area contributed by atoms with Gasteiger partial charge < -0.3 is 5.32 Å². The smallest absolute Gasteiger partial charge is 0.273 e. The highest BCUT2D eigenvalue weighted by Gasteiger charge is 2.17. The largest absolute Gasteiger partial charge is 0.344 e. The van der Waals surface area contributed by atoms with Crippen LogP contribution in [-0.2, 0) is 6.54 Å². The highest BCUT2D eigenvalue weighted by molar-refractivity contribution is 5.92. The zero-order valence-electron chi connectivity index (χ0n) is 14.3. The maximum absolute atomic E-state index is 12.5. The third-order valence-corrected chi connectivity index (χ3v) is 4.04. The van der Waals surface area contributed by atoms with Gasteiger partial charge in [0, 0.05) is 0 Å². The van der Waals surface area contributed by atoms with E-state index in [1.54, 1.807) is 10.9 Å². The molecule has 0 saturated heterocycles. The van der Waals surface area contributed by atoms with Gasteiger partial charge in [-0.15, -0.1) is 5.10 Å². The first-order valence-corrected chi connectivity index (χ1v) is 8.56. The van der Waals surface area contributed by atoms with E-state index in [9.17, 15) is 4.79 Å². The van der Waals surface area contributed by atoms with E-state index in [1.807, 2.05) is 60.7 Å². The van der Waals surface area contributed by atoms with E-state index in [4.69, 9.17) is 0 Å². The van der Waals surface area contributed by atoms with E-state index in [0.717, 1.165) is 24.0 Å². The quantitative estimate of drug-likeness (QED) is 0.718. The standard InChI is InChI=1S/C20H22N4O/c1-2-9-18(17-12-7-4-8-13-17)21-20(25)19-15-24(23-22-19)14-16-10-5-3-6-11-16/h3-8,10-13,15,18H,2,9,14H2,1H3,(H,21,25). The Morgan fingerprint density at radius 3 is 2.44 bits per heavy atom. The Bertz CT molecular complexity index is 799. The summed E-state index contributed by atoms with van der Waals surface area (Å²) in [5.74, 6) is -0.193. The van der Waals surface area contributed by atoms with Crippen molar-refractivity contribution >= 4 is 5.91 Å². The molecule has 0 bridgehead atoms. The average Bonchev–Trinajstić information content (AvgIpc) is 3.11. The molecule has 128 valence electrons. The van der Waals surface area contributed by atoms with Gasteiger partial charge in [-0.1, -0.05) is 79.2 Å². The second-order valence-electron chi connectivity index (χ2n) is 6.01. The number of benzene rings is 2. The summed E-state index contributed by atoms with van der Waals surface area (Å²) in [6.07, 6.45) is 3.56. The lowest BCUT2D eigenvalue weighted by molar-refractivity contribution is 0.0929. The fraction of sp³-hybridized carbons (Fsp3) is 0.250. The zero-order valence-corrected chi connectivity index (χ0v) is 14.3. The first kappa shape index (κ1) is 16.9. The molecule has 1 atom stereocenters. The van der Waals surface area contributed by atoms with Crippen molar-refractivity contribution in [3.8, 4) is 0 Å². The van der Waals surface area contributed by atoms with E-state index in [2.05, 4.69) is 22.6 Å². The molecule has 3 aromatic rings. The Kier molecular flexibility index (Phi) is 5.57. The monoisotopic (exact) mass is 334 g/mol. The molecule has 5 heteroatoms. The Morgan fingerprint density at radius 2 is 1.76 bits per heavy atom. The van der Waals surface area contributed by atoms with Crippen LogP contribution in [0.1, 0.15) is 47.4 Å². The van der Waals surface area contributed by atoms with E-state index < -0.39 is 0 Å². The topological polar surface area (TPSA) is 59.8 Å². The van der Waals surface area contributed by atoms with Gasteiger partial charge in [-0.05, 0) is 17.5 Å². The van der Waals surface area contributed by atoms with Gasteiger partial charge in [-0.3, -0.25) is 4.79 Å². The van der Waals surface area contributed by atoms with Crippen LogP contribution in [0.5, 0.6) is 0 Å². The molecular weight excluding hydrogens is 312 g/mol. The number of amides is 1. The molecule has 1 unspecified atom stereocenters. The number of aromatic nitrogens is 3. The summed E-state index contributed by atoms with van der Waals surface area (Å²) in [6.45, 7) is 2.70. The van der Waals surface area contributed by atoms with Crippen molar-refractivity contribution in [2.45, 2.75) is 32.4 Å². The van der Waals surface area contributed by atoms with Gasteiger partial charge in [0.1, 0.15) is 0 Å². The molecule has 1 aromatic heterocycles. The summed E-state index contributed by atoms with van der Waals surface area (Å²) < 4.78 is 1.68. The molecular formula is C20H22N4O. The first-order valence-electron chi connectivity index (χ1n) is 8.56. The van der Waals surface area contributed by atoms with E-state index >= 15 is 0 Å². The molecule has 0 saturated carbocycles. The minimum atomic E-state index is -0.193. The Morgan fingerprint density at radius 1 is 1.08 bits per heavy atom. The van der Waals surface area contributed by atoms with Crippen LogP contribution in [-0.4, -0.2) is 20.9 Å². The van der Waals surface area contributed by atoms with Gasteiger partial charge in [-0.25, -0.2) is 4.68 Å². The molecule has 1 N–H and O–H groups in total. The second-order valence-corrected chi connectivity index (χ2v) is 6.01. The van der Waals surface area contributed by atoms with E-state index in [-0.39, 0.29) is 11.9 Å². The van der Waals surface area contributed by atoms with E-state index in [1.165, 1.54) is 0 Å². The predicted octanol–water partition coefficient (Wildman–Crippen LogP) is 3.60. The van der Waals surface area contributed by atoms with Crippen LogP contribution in [0.2, 0.25) is 0 Å². The molecule has 0 radical (unpaired) electrons. The molecule has 0 aliphatic carbocycles. The normalized spacial score (nSPS) is 11.9. The number of carbonyl (C=O) groups is 1. The van der Waals surface area contributed by atoms with Crippen LogP contribution in [0.25, 0.3) is 0 Å². The molecule has 1 heterocycles. The summed E-state index contributed by atoms with van der Waals surface area (Å²) in [5.41, 5.74) is 2.56. The van der Waals surface area contributed by atoms with Crippen LogP contribution < -0.4 is 5.32 Å². The minimum Gasteiger partial charge on any atom is -0.344 e. The number of nitrogens with one attached hydrogen (secondary N) is 1. The maximum Gasteiger partial charge on any atom is 0.273 e. The SMILES string of the molecule is CCCC(NC(=O)c1cn(Cc2ccccc2)nn1)c1ccccc1. The van der Waals surface area contributed by atoms with Crippen molar-refractivity contribution in [1.82, 2.24) is 20.3 Å². The van der Waals surface area contributed by atoms with Gasteiger partial charge in [-0.2, -0.15) is 0 Å². The third kappa shape index (κ3) is 4.53. The number of hydrogen-bond acceptors (Lipinski definition) is 3. The highest BCUT2D eigenvalue weighted by atomic mass is 16.2. The first-order chi connectivity index (χ1) is 12.3. The van der Waals surface area contributed by atoms with Gasteiger partial charge in [0.2, 0.25) is 0 Å². The van der Waals surface area contributed by atoms with Crippen molar-refractivity contribution < 1.29 is 4.79 Å². The van der Waals surface area contributed by atoms with Gasteiger partial charge in [0.05, 0.1) is 18.8 Å². The molecule has 5 nitrogen and oxygen atoms in total. The molecule has 1 amide bonds. The van der Waals surface area contributed by atoms with Crippen LogP contribution >= 0.6 is 0 Å². The van der Waals surface area contributed by atoms with Gasteiger partial charge in [0.25, 0.3) is 5.91 Å². The van der Waals surface area contributed by atoms with Crippen molar-refractivity contribution in [2.24, 2.45) is 0 Å². The molecule has 2 aromatic carbocycles. The third-order valence-electron chi connectivity index (χ3n) is 4.04. The number of nitrogens with zero attached hydrogens (tertiary/aromatic N) is 3. The Labute approximate surface area is 147 Å². The minimum absolute atomic E-state index is 0.0158. The second kappa shape index (κ2) is 8.24. The van der Waals surface area contributed by atoms with Crippen molar-refractivity contribution in [1.29, 1.82) is 0 Å². The van der Waals surface area contributed by atoms with Crippen LogP contribution in [0.3, 0.4) is 0 Å². The van der Waals surface area contributed by atoms with Crippen LogP contribution in [0.4, 0.5) is 0 Å². The Hall–Kier alpha value is -2.95. The summed E-state index contributed by atoms with van der Waals surface area (Å²) in [6, 6.07) is 20.0. The Balaban J connectivity index is 1.68. The maximum atomic E-state index is 12.5. The fourth-order valence-electron chi connectivity index (χ4n) is 2.78. The summed E-state index contributed by atoms with van der Waals surface area (Å²) >= 11 is 0. The highest BCUT2D eigenvalue weighted by Crippen LogP contribution is 2.18. The van der Waals surface area contributed by atoms with Crippen LogP contribution in [0.15, 0.2) is 66.9 Å². The molecule has 25 heavy (non-hydrogen) atoms. The average molecular weight is 334 g/mol. The molecule has 0 spiro atoms. The molecule has 0 fully saturated rings. The van der Waals surface area contributed by atoms with Crippen LogP contribution in [0, 0.1) is 0 Å². The molecule has 0 aliphatic rings. The number of carbonyl (C=O) groups excluding carboxylic acids is 1.